The predicted molar refractivity (Wildman–Crippen MR) is 97.0 cm³/mol. The number of rotatable bonds is 7. The molecular weight excluding hydrogens is 368 g/mol. The Morgan fingerprint density at radius 3 is 2.68 bits per heavy atom. The van der Waals surface area contributed by atoms with Gasteiger partial charge in [-0.05, 0) is 24.8 Å². The zero-order valence-corrected chi connectivity index (χ0v) is 15.3. The van der Waals surface area contributed by atoms with Crippen LogP contribution in [0.3, 0.4) is 0 Å². The van der Waals surface area contributed by atoms with Gasteiger partial charge >= 0.3 is 0 Å². The molecule has 0 aliphatic heterocycles. The summed E-state index contributed by atoms with van der Waals surface area (Å²) in [5.41, 5.74) is -0.183. The highest BCUT2D eigenvalue weighted by Crippen LogP contribution is 2.23. The topological polar surface area (TPSA) is 74.8 Å². The van der Waals surface area contributed by atoms with Crippen molar-refractivity contribution >= 4 is 35.1 Å². The number of carbonyl (C=O) groups is 1. The highest BCUT2D eigenvalue weighted by molar-refractivity contribution is 8.00. The molecule has 25 heavy (non-hydrogen) atoms. The van der Waals surface area contributed by atoms with Gasteiger partial charge in [0.25, 0.3) is 5.56 Å². The second-order valence-electron chi connectivity index (χ2n) is 5.03. The Bertz CT molecular complexity index is 794. The molecule has 1 aromatic carbocycles. The molecular formula is C16H17F2N3O2S2. The number of H-pyrrole nitrogens is 1. The Balaban J connectivity index is 2.08. The quantitative estimate of drug-likeness (QED) is 0.564. The third-order valence-electron chi connectivity index (χ3n) is 3.10. The summed E-state index contributed by atoms with van der Waals surface area (Å²) in [6, 6.07) is 4.74. The van der Waals surface area contributed by atoms with Gasteiger partial charge in [0.1, 0.15) is 17.3 Å². The molecule has 0 aliphatic rings. The Hall–Kier alpha value is -1.87. The molecule has 0 bridgehead atoms. The lowest BCUT2D eigenvalue weighted by Crippen LogP contribution is -2.24. The van der Waals surface area contributed by atoms with Crippen LogP contribution in [-0.2, 0) is 10.5 Å². The summed E-state index contributed by atoms with van der Waals surface area (Å²) in [7, 11) is 0. The minimum atomic E-state index is -0.851. The van der Waals surface area contributed by atoms with E-state index in [1.54, 1.807) is 18.7 Å². The molecule has 1 aromatic heterocycles. The first kappa shape index (κ1) is 19.5. The number of aromatic amines is 1. The predicted octanol–water partition coefficient (Wildman–Crippen LogP) is 3.42. The van der Waals surface area contributed by atoms with E-state index in [-0.39, 0.29) is 10.7 Å². The minimum Gasteiger partial charge on any atom is -0.320 e. The lowest BCUT2D eigenvalue weighted by molar-refractivity contribution is -0.115. The van der Waals surface area contributed by atoms with E-state index in [2.05, 4.69) is 15.3 Å². The molecule has 5 nitrogen and oxygen atoms in total. The molecule has 1 heterocycles. The maximum absolute atomic E-state index is 13.6. The second kappa shape index (κ2) is 9.00. The third kappa shape index (κ3) is 5.57. The fourth-order valence-corrected chi connectivity index (χ4v) is 3.27. The molecule has 9 heteroatoms. The van der Waals surface area contributed by atoms with E-state index in [0.717, 1.165) is 29.6 Å². The number of para-hydroxylation sites is 1. The average molecular weight is 385 g/mol. The van der Waals surface area contributed by atoms with E-state index in [4.69, 9.17) is 0 Å². The van der Waals surface area contributed by atoms with Crippen molar-refractivity contribution < 1.29 is 13.6 Å². The first-order chi connectivity index (χ1) is 11.9. The minimum absolute atomic E-state index is 0.288. The molecule has 0 saturated carbocycles. The SMILES string of the molecule is CCSCc1cc(=O)[nH]c(SC(C)C(=O)Nc2c(F)cccc2F)n1. The molecule has 1 amide bonds. The first-order valence-corrected chi connectivity index (χ1v) is 9.53. The van der Waals surface area contributed by atoms with Crippen LogP contribution in [0.5, 0.6) is 0 Å². The van der Waals surface area contributed by atoms with Crippen molar-refractivity contribution in [3.8, 4) is 0 Å². The number of nitrogens with zero attached hydrogens (tertiary/aromatic N) is 1. The number of hydrogen-bond acceptors (Lipinski definition) is 5. The van der Waals surface area contributed by atoms with E-state index in [9.17, 15) is 18.4 Å². The zero-order chi connectivity index (χ0) is 18.4. The van der Waals surface area contributed by atoms with Crippen LogP contribution in [0.2, 0.25) is 0 Å². The van der Waals surface area contributed by atoms with Crippen LogP contribution in [0.25, 0.3) is 0 Å². The normalized spacial score (nSPS) is 12.0. The van der Waals surface area contributed by atoms with E-state index in [0.29, 0.717) is 11.4 Å². The van der Waals surface area contributed by atoms with Gasteiger partial charge in [-0.15, -0.1) is 0 Å². The van der Waals surface area contributed by atoms with Crippen LogP contribution in [-0.4, -0.2) is 26.9 Å². The molecule has 0 saturated heterocycles. The first-order valence-electron chi connectivity index (χ1n) is 7.50. The van der Waals surface area contributed by atoms with Crippen LogP contribution in [0.15, 0.2) is 34.2 Å². The third-order valence-corrected chi connectivity index (χ3v) is 4.99. The van der Waals surface area contributed by atoms with Gasteiger partial charge in [-0.3, -0.25) is 9.59 Å². The summed E-state index contributed by atoms with van der Waals surface area (Å²) in [4.78, 5) is 30.7. The van der Waals surface area contributed by atoms with Gasteiger partial charge in [0.2, 0.25) is 5.91 Å². The molecule has 1 atom stereocenters. The molecule has 2 rings (SSSR count). The van der Waals surface area contributed by atoms with E-state index < -0.39 is 28.5 Å². The number of anilines is 1. The van der Waals surface area contributed by atoms with Crippen LogP contribution < -0.4 is 10.9 Å². The van der Waals surface area contributed by atoms with Crippen molar-refractivity contribution in [2.75, 3.05) is 11.1 Å². The average Bonchev–Trinajstić information content (AvgIpc) is 2.55. The van der Waals surface area contributed by atoms with Gasteiger partial charge in [-0.25, -0.2) is 13.8 Å². The lowest BCUT2D eigenvalue weighted by atomic mass is 10.3. The molecule has 2 N–H and O–H groups in total. The highest BCUT2D eigenvalue weighted by atomic mass is 32.2. The van der Waals surface area contributed by atoms with Crippen LogP contribution in [0.4, 0.5) is 14.5 Å². The Kier molecular flexibility index (Phi) is 7.01. The maximum Gasteiger partial charge on any atom is 0.251 e. The van der Waals surface area contributed by atoms with Gasteiger partial charge in [-0.2, -0.15) is 11.8 Å². The summed E-state index contributed by atoms with van der Waals surface area (Å²) in [5.74, 6) is -0.810. The van der Waals surface area contributed by atoms with Crippen molar-refractivity contribution in [3.05, 3.63) is 51.9 Å². The fraction of sp³-hybridized carbons (Fsp3) is 0.312. The van der Waals surface area contributed by atoms with Crippen molar-refractivity contribution in [2.45, 2.75) is 30.0 Å². The molecule has 1 unspecified atom stereocenters. The van der Waals surface area contributed by atoms with Gasteiger partial charge < -0.3 is 10.3 Å². The van der Waals surface area contributed by atoms with Gasteiger partial charge in [-0.1, -0.05) is 24.8 Å². The zero-order valence-electron chi connectivity index (χ0n) is 13.6. The number of thioether (sulfide) groups is 2. The summed E-state index contributed by atoms with van der Waals surface area (Å²) in [6.07, 6.45) is 0. The number of halogens is 2. The molecule has 134 valence electrons. The lowest BCUT2D eigenvalue weighted by Gasteiger charge is -2.12. The van der Waals surface area contributed by atoms with Crippen LogP contribution in [0, 0.1) is 11.6 Å². The van der Waals surface area contributed by atoms with Crippen molar-refractivity contribution in [3.63, 3.8) is 0 Å². The standard InChI is InChI=1S/C16H17F2N3O2S2/c1-3-24-8-10-7-13(22)20-16(19-10)25-9(2)15(23)21-14-11(17)5-4-6-12(14)18/h4-7,9H,3,8H2,1-2H3,(H,21,23)(H,19,20,22). The van der Waals surface area contributed by atoms with E-state index >= 15 is 0 Å². The van der Waals surface area contributed by atoms with E-state index in [1.165, 1.54) is 12.1 Å². The summed E-state index contributed by atoms with van der Waals surface area (Å²) >= 11 is 2.63. The van der Waals surface area contributed by atoms with Crippen LogP contribution >= 0.6 is 23.5 Å². The number of carbonyl (C=O) groups excluding carboxylic acids is 1. The van der Waals surface area contributed by atoms with Crippen molar-refractivity contribution in [1.82, 2.24) is 9.97 Å². The Morgan fingerprint density at radius 1 is 1.36 bits per heavy atom. The number of amides is 1. The Labute approximate surface area is 152 Å². The summed E-state index contributed by atoms with van der Waals surface area (Å²) in [6.45, 7) is 3.56. The van der Waals surface area contributed by atoms with Crippen molar-refractivity contribution in [1.29, 1.82) is 0 Å². The fourth-order valence-electron chi connectivity index (χ4n) is 1.88. The van der Waals surface area contributed by atoms with E-state index in [1.807, 2.05) is 6.92 Å². The van der Waals surface area contributed by atoms with Crippen LogP contribution in [0.1, 0.15) is 19.5 Å². The van der Waals surface area contributed by atoms with Gasteiger partial charge in [0.15, 0.2) is 5.16 Å². The highest BCUT2D eigenvalue weighted by Gasteiger charge is 2.19. The molecule has 0 spiro atoms. The molecule has 0 aliphatic carbocycles. The summed E-state index contributed by atoms with van der Waals surface area (Å²) in [5, 5.41) is 1.80. The number of nitrogens with one attached hydrogen (secondary N) is 2. The Morgan fingerprint density at radius 2 is 2.04 bits per heavy atom. The van der Waals surface area contributed by atoms with Crippen molar-refractivity contribution in [2.24, 2.45) is 0 Å². The number of hydrogen-bond donors (Lipinski definition) is 2. The smallest absolute Gasteiger partial charge is 0.251 e. The molecule has 0 radical (unpaired) electrons. The number of benzene rings is 1. The molecule has 0 fully saturated rings. The van der Waals surface area contributed by atoms with Gasteiger partial charge in [0, 0.05) is 11.8 Å². The van der Waals surface area contributed by atoms with Gasteiger partial charge in [0.05, 0.1) is 10.9 Å². The number of aromatic nitrogens is 2. The second-order valence-corrected chi connectivity index (χ2v) is 7.63. The summed E-state index contributed by atoms with van der Waals surface area (Å²) < 4.78 is 27.2. The maximum atomic E-state index is 13.6. The largest absolute Gasteiger partial charge is 0.320 e. The monoisotopic (exact) mass is 385 g/mol. The molecule has 2 aromatic rings.